The van der Waals surface area contributed by atoms with Crippen molar-refractivity contribution in [3.8, 4) is 0 Å². The first kappa shape index (κ1) is 14.5. The molecule has 2 fully saturated rings. The summed E-state index contributed by atoms with van der Waals surface area (Å²) in [7, 11) is 0. The minimum atomic E-state index is -0.236. The van der Waals surface area contributed by atoms with Crippen LogP contribution in [0.3, 0.4) is 0 Å². The minimum absolute atomic E-state index is 0.0386. The molecular formula is C17H23FN2O. The van der Waals surface area contributed by atoms with Crippen molar-refractivity contribution < 1.29 is 9.18 Å². The number of carbonyl (C=O) groups is 1. The molecule has 0 bridgehead atoms. The molecular weight excluding hydrogens is 267 g/mol. The summed E-state index contributed by atoms with van der Waals surface area (Å²) in [6, 6.07) is 6.58. The Bertz CT molecular complexity index is 501. The van der Waals surface area contributed by atoms with Crippen molar-refractivity contribution in [2.75, 3.05) is 19.6 Å². The molecule has 1 aromatic carbocycles. The smallest absolute Gasteiger partial charge is 0.223 e. The molecule has 1 aliphatic carbocycles. The van der Waals surface area contributed by atoms with Gasteiger partial charge in [0, 0.05) is 26.1 Å². The van der Waals surface area contributed by atoms with Crippen LogP contribution < -0.4 is 5.32 Å². The van der Waals surface area contributed by atoms with Gasteiger partial charge in [-0.05, 0) is 30.0 Å². The van der Waals surface area contributed by atoms with Crippen molar-refractivity contribution >= 4 is 5.91 Å². The Balaban J connectivity index is 1.66. The molecule has 114 valence electrons. The van der Waals surface area contributed by atoms with Gasteiger partial charge in [0.25, 0.3) is 0 Å². The summed E-state index contributed by atoms with van der Waals surface area (Å²) in [5.41, 5.74) is 0.888. The molecule has 0 radical (unpaired) electrons. The van der Waals surface area contributed by atoms with Crippen molar-refractivity contribution in [2.24, 2.45) is 5.92 Å². The Morgan fingerprint density at radius 1 is 1.38 bits per heavy atom. The number of amides is 1. The normalized spacial score (nSPS) is 22.9. The average Bonchev–Trinajstić information content (AvgIpc) is 2.45. The van der Waals surface area contributed by atoms with E-state index in [-0.39, 0.29) is 17.8 Å². The van der Waals surface area contributed by atoms with Gasteiger partial charge in [0.15, 0.2) is 0 Å². The number of benzene rings is 1. The van der Waals surface area contributed by atoms with Gasteiger partial charge >= 0.3 is 0 Å². The predicted octanol–water partition coefficient (Wildman–Crippen LogP) is 2.88. The Hall–Kier alpha value is -1.42. The lowest BCUT2D eigenvalue weighted by atomic mass is 9.82. The van der Waals surface area contributed by atoms with Gasteiger partial charge in [-0.25, -0.2) is 4.39 Å². The van der Waals surface area contributed by atoms with E-state index in [1.54, 1.807) is 12.1 Å². The Labute approximate surface area is 125 Å². The summed E-state index contributed by atoms with van der Waals surface area (Å²) in [5, 5.41) is 3.31. The summed E-state index contributed by atoms with van der Waals surface area (Å²) in [6.45, 7) is 2.24. The molecule has 4 heteroatoms. The molecule has 1 atom stereocenters. The maximum atomic E-state index is 13.4. The first-order valence-corrected chi connectivity index (χ1v) is 7.99. The summed E-state index contributed by atoms with van der Waals surface area (Å²) in [5.74, 6) is 0.738. The number of hydrogen-bond donors (Lipinski definition) is 1. The molecule has 1 N–H and O–H groups in total. The number of piperazine rings is 1. The van der Waals surface area contributed by atoms with Crippen LogP contribution in [0.25, 0.3) is 0 Å². The van der Waals surface area contributed by atoms with Gasteiger partial charge in [-0.2, -0.15) is 0 Å². The van der Waals surface area contributed by atoms with Crippen molar-refractivity contribution in [2.45, 2.75) is 38.1 Å². The van der Waals surface area contributed by atoms with E-state index >= 15 is 0 Å². The highest BCUT2D eigenvalue weighted by Crippen LogP contribution is 2.31. The van der Waals surface area contributed by atoms with Crippen LogP contribution in [-0.4, -0.2) is 30.4 Å². The monoisotopic (exact) mass is 290 g/mol. The molecule has 0 spiro atoms. The van der Waals surface area contributed by atoms with Crippen LogP contribution in [0.2, 0.25) is 0 Å². The highest BCUT2D eigenvalue weighted by molar-refractivity contribution is 5.77. The van der Waals surface area contributed by atoms with Gasteiger partial charge in [-0.1, -0.05) is 31.4 Å². The lowest BCUT2D eigenvalue weighted by Gasteiger charge is -2.37. The summed E-state index contributed by atoms with van der Waals surface area (Å²) in [4.78, 5) is 14.5. The molecule has 21 heavy (non-hydrogen) atoms. The molecule has 1 saturated heterocycles. The van der Waals surface area contributed by atoms with Gasteiger partial charge in [0.1, 0.15) is 5.82 Å². The fourth-order valence-electron chi connectivity index (χ4n) is 3.27. The van der Waals surface area contributed by atoms with Gasteiger partial charge in [-0.15, -0.1) is 0 Å². The minimum Gasteiger partial charge on any atom is -0.333 e. The van der Waals surface area contributed by atoms with Crippen molar-refractivity contribution in [3.63, 3.8) is 0 Å². The molecule has 1 saturated carbocycles. The van der Waals surface area contributed by atoms with Crippen LogP contribution in [0.1, 0.15) is 43.7 Å². The summed E-state index contributed by atoms with van der Waals surface area (Å²) in [6.07, 6.45) is 5.53. The van der Waals surface area contributed by atoms with E-state index in [2.05, 4.69) is 5.32 Å². The van der Waals surface area contributed by atoms with Crippen LogP contribution in [0.5, 0.6) is 0 Å². The second kappa shape index (κ2) is 6.56. The first-order valence-electron chi connectivity index (χ1n) is 7.99. The van der Waals surface area contributed by atoms with Gasteiger partial charge in [0.2, 0.25) is 5.91 Å². The largest absolute Gasteiger partial charge is 0.333 e. The zero-order valence-corrected chi connectivity index (χ0v) is 12.4. The maximum absolute atomic E-state index is 13.4. The maximum Gasteiger partial charge on any atom is 0.223 e. The highest BCUT2D eigenvalue weighted by atomic mass is 19.1. The summed E-state index contributed by atoms with van der Waals surface area (Å²) >= 11 is 0. The second-order valence-electron chi connectivity index (χ2n) is 6.20. The number of nitrogens with zero attached hydrogens (tertiary/aromatic N) is 1. The Morgan fingerprint density at radius 3 is 2.95 bits per heavy atom. The molecule has 3 rings (SSSR count). The molecule has 1 aromatic rings. The van der Waals surface area contributed by atoms with Crippen LogP contribution in [0.15, 0.2) is 24.3 Å². The topological polar surface area (TPSA) is 32.3 Å². The van der Waals surface area contributed by atoms with Gasteiger partial charge in [0.05, 0.1) is 6.04 Å². The fraction of sp³-hybridized carbons (Fsp3) is 0.588. The lowest BCUT2D eigenvalue weighted by Crippen LogP contribution is -2.48. The predicted molar refractivity (Wildman–Crippen MR) is 80.3 cm³/mol. The molecule has 3 nitrogen and oxygen atoms in total. The number of carbonyl (C=O) groups excluding carboxylic acids is 1. The zero-order chi connectivity index (χ0) is 14.7. The standard InChI is InChI=1S/C17H23FN2O/c18-15-6-2-5-14(11-15)16-12-19-9-10-20(16)17(21)8-7-13-3-1-4-13/h2,5-6,11,13,16,19H,1,3-4,7-10,12H2. The van der Waals surface area contributed by atoms with E-state index in [1.807, 2.05) is 11.0 Å². The Morgan fingerprint density at radius 2 is 2.24 bits per heavy atom. The average molecular weight is 290 g/mol. The third-order valence-electron chi connectivity index (χ3n) is 4.79. The molecule has 1 amide bonds. The number of nitrogens with one attached hydrogen (secondary N) is 1. The third kappa shape index (κ3) is 3.43. The van der Waals surface area contributed by atoms with E-state index < -0.39 is 0 Å². The van der Waals surface area contributed by atoms with E-state index in [1.165, 1.54) is 25.3 Å². The Kier molecular flexibility index (Phi) is 4.54. The zero-order valence-electron chi connectivity index (χ0n) is 12.4. The van der Waals surface area contributed by atoms with Crippen molar-refractivity contribution in [1.29, 1.82) is 0 Å². The van der Waals surface area contributed by atoms with Crippen LogP contribution in [0.4, 0.5) is 4.39 Å². The number of halogens is 1. The molecule has 2 aliphatic rings. The summed E-state index contributed by atoms with van der Waals surface area (Å²) < 4.78 is 13.4. The van der Waals surface area contributed by atoms with E-state index in [0.717, 1.165) is 24.4 Å². The first-order chi connectivity index (χ1) is 10.2. The van der Waals surface area contributed by atoms with Crippen LogP contribution in [0, 0.1) is 11.7 Å². The van der Waals surface area contributed by atoms with E-state index in [4.69, 9.17) is 0 Å². The van der Waals surface area contributed by atoms with Crippen molar-refractivity contribution in [3.05, 3.63) is 35.6 Å². The second-order valence-corrected chi connectivity index (χ2v) is 6.20. The van der Waals surface area contributed by atoms with Gasteiger partial charge in [-0.3, -0.25) is 4.79 Å². The third-order valence-corrected chi connectivity index (χ3v) is 4.79. The van der Waals surface area contributed by atoms with E-state index in [9.17, 15) is 9.18 Å². The molecule has 1 unspecified atom stereocenters. The lowest BCUT2D eigenvalue weighted by molar-refractivity contribution is -0.135. The molecule has 0 aromatic heterocycles. The molecule has 1 aliphatic heterocycles. The van der Waals surface area contributed by atoms with Crippen LogP contribution >= 0.6 is 0 Å². The quantitative estimate of drug-likeness (QED) is 0.925. The fourth-order valence-corrected chi connectivity index (χ4v) is 3.27. The number of rotatable bonds is 4. The SMILES string of the molecule is O=C(CCC1CCC1)N1CCNCC1c1cccc(F)c1. The van der Waals surface area contributed by atoms with Crippen molar-refractivity contribution in [1.82, 2.24) is 10.2 Å². The molecule has 1 heterocycles. The van der Waals surface area contributed by atoms with Crippen LogP contribution in [-0.2, 0) is 4.79 Å². The number of hydrogen-bond acceptors (Lipinski definition) is 2. The highest BCUT2D eigenvalue weighted by Gasteiger charge is 2.28. The van der Waals surface area contributed by atoms with Gasteiger partial charge < -0.3 is 10.2 Å². The van der Waals surface area contributed by atoms with E-state index in [0.29, 0.717) is 19.5 Å².